The molecule has 2 saturated heterocycles. The van der Waals surface area contributed by atoms with Crippen molar-refractivity contribution in [3.63, 3.8) is 0 Å². The van der Waals surface area contributed by atoms with Crippen molar-refractivity contribution in [3.8, 4) is 0 Å². The third-order valence-corrected chi connectivity index (χ3v) is 10.2. The number of aliphatic hydroxyl groups is 2. The summed E-state index contributed by atoms with van der Waals surface area (Å²) in [4.78, 5) is 63.2. The number of hydrogen-bond donors (Lipinski definition) is 5. The van der Waals surface area contributed by atoms with Gasteiger partial charge in [0.25, 0.3) is 0 Å². The molecule has 0 radical (unpaired) electrons. The summed E-state index contributed by atoms with van der Waals surface area (Å²) in [6.45, 7) is 5.12. The Bertz CT molecular complexity index is 1650. The highest BCUT2D eigenvalue weighted by Crippen LogP contribution is 2.55. The molecule has 0 aliphatic carbocycles. The van der Waals surface area contributed by atoms with Crippen molar-refractivity contribution in [2.24, 2.45) is 11.8 Å². The average molecular weight is 755 g/mol. The van der Waals surface area contributed by atoms with Crippen molar-refractivity contribution >= 4 is 29.8 Å². The van der Waals surface area contributed by atoms with Gasteiger partial charge in [-0.05, 0) is 67.9 Å². The van der Waals surface area contributed by atoms with Crippen LogP contribution >= 0.6 is 0 Å². The lowest BCUT2D eigenvalue weighted by molar-refractivity contribution is -0.374. The molecule has 2 heterocycles. The number of carboxylic acid groups (broad SMARTS) is 3. The first-order chi connectivity index (χ1) is 25.6. The topological polar surface area (TPSA) is 223 Å². The van der Waals surface area contributed by atoms with Crippen LogP contribution in [-0.2, 0) is 55.8 Å². The summed E-state index contributed by atoms with van der Waals surface area (Å²) in [5, 5.41) is 53.7. The van der Waals surface area contributed by atoms with Crippen molar-refractivity contribution in [1.82, 2.24) is 0 Å². The lowest BCUT2D eigenvalue weighted by Gasteiger charge is -2.48. The summed E-state index contributed by atoms with van der Waals surface area (Å²) < 4.78 is 22.2. The summed E-state index contributed by atoms with van der Waals surface area (Å²) in [6.07, 6.45) is -1.75. The molecule has 2 aromatic carbocycles. The fourth-order valence-corrected chi connectivity index (χ4v) is 7.38. The smallest absolute Gasteiger partial charge is 0.344 e. The lowest BCUT2D eigenvalue weighted by Crippen LogP contribution is -2.78. The Morgan fingerprint density at radius 3 is 2.09 bits per heavy atom. The first-order valence-corrected chi connectivity index (χ1v) is 18.2. The van der Waals surface area contributed by atoms with Gasteiger partial charge in [-0.15, -0.1) is 0 Å². The Hall–Kier alpha value is -4.63. The number of fused-ring (bicyclic) bond motifs is 2. The van der Waals surface area contributed by atoms with E-state index in [9.17, 15) is 49.5 Å². The van der Waals surface area contributed by atoms with Gasteiger partial charge in [0.15, 0.2) is 6.10 Å². The van der Waals surface area contributed by atoms with Gasteiger partial charge in [-0.2, -0.15) is 0 Å². The van der Waals surface area contributed by atoms with Gasteiger partial charge in [-0.3, -0.25) is 9.59 Å². The number of carbonyl (C=O) groups is 5. The van der Waals surface area contributed by atoms with E-state index in [2.05, 4.69) is 12.1 Å². The zero-order valence-electron chi connectivity index (χ0n) is 30.7. The van der Waals surface area contributed by atoms with Gasteiger partial charge in [-0.25, -0.2) is 14.4 Å². The number of esters is 2. The van der Waals surface area contributed by atoms with Gasteiger partial charge in [0.1, 0.15) is 12.2 Å². The monoisotopic (exact) mass is 754 g/mol. The van der Waals surface area contributed by atoms with E-state index in [1.54, 1.807) is 6.08 Å². The van der Waals surface area contributed by atoms with Crippen LogP contribution in [0.2, 0.25) is 0 Å². The number of carboxylic acids is 3. The molecule has 54 heavy (non-hydrogen) atoms. The highest BCUT2D eigenvalue weighted by Gasteiger charge is 2.85. The molecule has 2 aliphatic rings. The summed E-state index contributed by atoms with van der Waals surface area (Å²) in [5.41, 5.74) is -5.16. The number of allylic oxidation sites excluding steroid dienone is 2. The summed E-state index contributed by atoms with van der Waals surface area (Å²) in [7, 11) is 0. The molecular weight excluding hydrogens is 704 g/mol. The summed E-state index contributed by atoms with van der Waals surface area (Å²) in [5.74, 6) is -10.8. The van der Waals surface area contributed by atoms with E-state index in [0.29, 0.717) is 6.42 Å². The molecule has 9 atom stereocenters. The van der Waals surface area contributed by atoms with Crippen LogP contribution in [0, 0.1) is 11.8 Å². The van der Waals surface area contributed by atoms with Gasteiger partial charge in [0.2, 0.25) is 23.1 Å². The number of rotatable bonds is 20. The predicted molar refractivity (Wildman–Crippen MR) is 191 cm³/mol. The van der Waals surface area contributed by atoms with Crippen LogP contribution < -0.4 is 0 Å². The molecule has 0 amide bonds. The van der Waals surface area contributed by atoms with E-state index in [4.69, 9.17) is 18.9 Å². The highest BCUT2D eigenvalue weighted by atomic mass is 16.8. The largest absolute Gasteiger partial charge is 0.479 e. The number of aryl methyl sites for hydroxylation is 1. The molecule has 2 bridgehead atoms. The molecule has 14 heteroatoms. The second kappa shape index (κ2) is 18.1. The number of benzene rings is 2. The fraction of sp³-hybridized carbons (Fsp3) is 0.525. The Morgan fingerprint density at radius 2 is 1.52 bits per heavy atom. The van der Waals surface area contributed by atoms with Crippen LogP contribution in [0.15, 0.2) is 72.8 Å². The predicted octanol–water partition coefficient (Wildman–Crippen LogP) is 4.08. The van der Waals surface area contributed by atoms with Crippen LogP contribution in [0.5, 0.6) is 0 Å². The van der Waals surface area contributed by atoms with Crippen LogP contribution in [0.25, 0.3) is 0 Å². The normalized spacial score (nSPS) is 27.8. The molecule has 4 rings (SSSR count). The van der Waals surface area contributed by atoms with Crippen molar-refractivity contribution < 1.29 is 68.5 Å². The third-order valence-electron chi connectivity index (χ3n) is 10.2. The zero-order chi connectivity index (χ0) is 39.7. The molecule has 2 fully saturated rings. The van der Waals surface area contributed by atoms with Crippen molar-refractivity contribution in [2.45, 2.75) is 120 Å². The van der Waals surface area contributed by atoms with Crippen LogP contribution in [0.3, 0.4) is 0 Å². The van der Waals surface area contributed by atoms with E-state index >= 15 is 0 Å². The van der Waals surface area contributed by atoms with E-state index < -0.39 is 77.7 Å². The SMILES string of the molecule is CC(=O)O[C@H](CCC[C@]12O[C@@H](C(=O)O)[C@@](O)(C(=O)O)[C@](C(=O)O)(O1)[C@H](OC(=O)CC/C=C/[C@H](C)CCCc1ccccc1)[C@H]2O)[C@H](C)Cc1ccccc1. The van der Waals surface area contributed by atoms with Crippen molar-refractivity contribution in [3.05, 3.63) is 83.9 Å². The molecule has 0 aromatic heterocycles. The van der Waals surface area contributed by atoms with Gasteiger partial charge in [-0.1, -0.05) is 86.7 Å². The Morgan fingerprint density at radius 1 is 0.889 bits per heavy atom. The van der Waals surface area contributed by atoms with E-state index in [0.717, 1.165) is 24.8 Å². The van der Waals surface area contributed by atoms with Crippen LogP contribution in [-0.4, -0.2) is 96.8 Å². The van der Waals surface area contributed by atoms with E-state index in [-0.39, 0.29) is 37.5 Å². The van der Waals surface area contributed by atoms with Crippen molar-refractivity contribution in [2.75, 3.05) is 0 Å². The average Bonchev–Trinajstić information content (AvgIpc) is 3.33. The minimum Gasteiger partial charge on any atom is -0.479 e. The van der Waals surface area contributed by atoms with E-state index in [1.807, 2.05) is 68.5 Å². The number of aliphatic carboxylic acids is 3. The highest BCUT2D eigenvalue weighted by molar-refractivity contribution is 5.98. The maximum Gasteiger partial charge on any atom is 0.344 e. The number of hydrogen-bond acceptors (Lipinski definition) is 11. The maximum absolute atomic E-state index is 13.2. The number of carbonyl (C=O) groups excluding carboxylic acids is 2. The fourth-order valence-electron chi connectivity index (χ4n) is 7.38. The first kappa shape index (κ1) is 42.1. The van der Waals surface area contributed by atoms with Gasteiger partial charge in [0, 0.05) is 19.8 Å². The minimum atomic E-state index is -3.86. The lowest BCUT2D eigenvalue weighted by atomic mass is 9.74. The maximum atomic E-state index is 13.2. The zero-order valence-corrected chi connectivity index (χ0v) is 30.7. The second-order valence-corrected chi connectivity index (χ2v) is 14.2. The van der Waals surface area contributed by atoms with Gasteiger partial charge < -0.3 is 44.5 Å². The molecule has 0 unspecified atom stereocenters. The Kier molecular flexibility index (Phi) is 14.1. The standard InChI is InChI=1S/C40H50O14/c1-25(15-12-20-28-16-6-4-7-17-28)14-10-11-22-31(42)52-33-32(43)38(53-34(35(44)45)39(50,36(46)47)40(33,54-38)37(48)49)23-13-21-30(51-27(3)41)26(2)24-29-18-8-5-9-19-29/h4-10,14,16-19,25-26,30,32-34,43,50H,11-13,15,20-24H2,1-3H3,(H,44,45)(H,46,47)(H,48,49)/b14-10+/t25-,26+,30+,32+,33+,34-,38-,39+,40-/m0/s1. The summed E-state index contributed by atoms with van der Waals surface area (Å²) in [6, 6.07) is 19.4. The molecule has 294 valence electrons. The minimum absolute atomic E-state index is 0.0311. The van der Waals surface area contributed by atoms with Gasteiger partial charge >= 0.3 is 29.8 Å². The van der Waals surface area contributed by atoms with E-state index in [1.165, 1.54) is 12.5 Å². The molecule has 0 spiro atoms. The Labute approximate surface area is 313 Å². The molecule has 2 aliphatic heterocycles. The molecule has 2 aromatic rings. The number of ether oxygens (including phenoxy) is 4. The van der Waals surface area contributed by atoms with Crippen molar-refractivity contribution in [1.29, 1.82) is 0 Å². The Balaban J connectivity index is 1.51. The first-order valence-electron chi connectivity index (χ1n) is 18.2. The summed E-state index contributed by atoms with van der Waals surface area (Å²) >= 11 is 0. The van der Waals surface area contributed by atoms with Crippen LogP contribution in [0.4, 0.5) is 0 Å². The second-order valence-electron chi connectivity index (χ2n) is 14.2. The molecule has 0 saturated carbocycles. The molecule has 5 N–H and O–H groups in total. The molecule has 14 nitrogen and oxygen atoms in total. The van der Waals surface area contributed by atoms with Crippen LogP contribution in [0.1, 0.15) is 76.8 Å². The number of aliphatic hydroxyl groups excluding tert-OH is 1. The third kappa shape index (κ3) is 9.17. The molecular formula is C40H50O14. The quantitative estimate of drug-likeness (QED) is 0.0950. The van der Waals surface area contributed by atoms with Gasteiger partial charge in [0.05, 0.1) is 0 Å².